The van der Waals surface area contributed by atoms with Crippen molar-refractivity contribution >= 4 is 38.9 Å². The van der Waals surface area contributed by atoms with E-state index in [4.69, 9.17) is 11.6 Å². The molecule has 2 aromatic rings. The van der Waals surface area contributed by atoms with E-state index in [1.165, 1.54) is 6.26 Å². The molecule has 0 spiro atoms. The average Bonchev–Trinajstić information content (AvgIpc) is 2.93. The van der Waals surface area contributed by atoms with Crippen LogP contribution in [0.5, 0.6) is 0 Å². The molecule has 1 aliphatic heterocycles. The normalized spacial score (nSPS) is 18.8. The first-order chi connectivity index (χ1) is 19.7. The smallest absolute Gasteiger partial charge is 0.248 e. The van der Waals surface area contributed by atoms with Gasteiger partial charge in [-0.2, -0.15) is 0 Å². The van der Waals surface area contributed by atoms with Crippen LogP contribution in [0.3, 0.4) is 0 Å². The molecule has 0 aromatic heterocycles. The molecule has 0 bridgehead atoms. The van der Waals surface area contributed by atoms with E-state index in [0.29, 0.717) is 57.1 Å². The topological polar surface area (TPSA) is 98.8 Å². The van der Waals surface area contributed by atoms with Crippen molar-refractivity contribution in [1.29, 1.82) is 0 Å². The summed E-state index contributed by atoms with van der Waals surface area (Å²) < 4.78 is 50.4. The molecule has 2 amide bonds. The SMILES string of the molecule is CC1(CC(=O)NCC(=O)N2CCN(Cc3cc(Cl)ccc3NCc3ccc(S(C)(=O)=O)cc3)CC2)CCC(F)(F)CC1. The highest BCUT2D eigenvalue weighted by molar-refractivity contribution is 7.90. The molecule has 0 unspecified atom stereocenters. The minimum atomic E-state index is -3.25. The fourth-order valence-electron chi connectivity index (χ4n) is 5.45. The van der Waals surface area contributed by atoms with Crippen LogP contribution in [0.15, 0.2) is 47.4 Å². The Bertz CT molecular complexity index is 1370. The van der Waals surface area contributed by atoms with Gasteiger partial charge in [0, 0.05) is 75.5 Å². The van der Waals surface area contributed by atoms with Crippen LogP contribution in [0, 0.1) is 5.41 Å². The van der Waals surface area contributed by atoms with E-state index in [9.17, 15) is 26.8 Å². The van der Waals surface area contributed by atoms with Gasteiger partial charge in [-0.05, 0) is 59.7 Å². The number of sulfone groups is 1. The summed E-state index contributed by atoms with van der Waals surface area (Å²) in [4.78, 5) is 29.5. The van der Waals surface area contributed by atoms with E-state index >= 15 is 0 Å². The number of carbonyl (C=O) groups is 2. The molecule has 1 saturated heterocycles. The minimum Gasteiger partial charge on any atom is -0.381 e. The molecule has 42 heavy (non-hydrogen) atoms. The lowest BCUT2D eigenvalue weighted by atomic mass is 9.72. The quantitative estimate of drug-likeness (QED) is 0.397. The molecule has 12 heteroatoms. The molecule has 2 aliphatic rings. The molecular weight excluding hydrogens is 586 g/mol. The standard InChI is InChI=1S/C30H39ClF2N4O4S/c1-29(9-11-30(32,33)12-10-29)18-27(38)35-20-28(39)37-15-13-36(14-16-37)21-23-17-24(31)5-8-26(23)34-19-22-3-6-25(7-4-22)42(2,40)41/h3-8,17,34H,9-16,18-21H2,1-2H3,(H,35,38). The lowest BCUT2D eigenvalue weighted by Crippen LogP contribution is -2.51. The van der Waals surface area contributed by atoms with E-state index in [2.05, 4.69) is 15.5 Å². The summed E-state index contributed by atoms with van der Waals surface area (Å²) in [5.41, 5.74) is 2.41. The summed E-state index contributed by atoms with van der Waals surface area (Å²) >= 11 is 6.30. The first-order valence-electron chi connectivity index (χ1n) is 14.2. The van der Waals surface area contributed by atoms with Crippen LogP contribution in [0.25, 0.3) is 0 Å². The molecule has 2 aromatic carbocycles. The molecule has 0 atom stereocenters. The molecular formula is C30H39ClF2N4O4S. The zero-order valence-corrected chi connectivity index (χ0v) is 25.7. The van der Waals surface area contributed by atoms with Crippen LogP contribution < -0.4 is 10.6 Å². The predicted octanol–water partition coefficient (Wildman–Crippen LogP) is 4.72. The first-order valence-corrected chi connectivity index (χ1v) is 16.4. The van der Waals surface area contributed by atoms with Gasteiger partial charge < -0.3 is 15.5 Å². The molecule has 1 saturated carbocycles. The van der Waals surface area contributed by atoms with Gasteiger partial charge in [-0.1, -0.05) is 30.7 Å². The molecule has 1 heterocycles. The van der Waals surface area contributed by atoms with Gasteiger partial charge in [-0.25, -0.2) is 17.2 Å². The summed E-state index contributed by atoms with van der Waals surface area (Å²) in [6, 6.07) is 12.4. The number of anilines is 1. The fourth-order valence-corrected chi connectivity index (χ4v) is 6.27. The number of hydrogen-bond donors (Lipinski definition) is 2. The van der Waals surface area contributed by atoms with Gasteiger partial charge in [0.1, 0.15) is 0 Å². The first kappa shape index (κ1) is 32.2. The van der Waals surface area contributed by atoms with Gasteiger partial charge in [0.05, 0.1) is 11.4 Å². The van der Waals surface area contributed by atoms with Gasteiger partial charge in [-0.15, -0.1) is 0 Å². The Morgan fingerprint density at radius 3 is 2.24 bits per heavy atom. The second-order valence-corrected chi connectivity index (χ2v) is 14.3. The molecule has 0 radical (unpaired) electrons. The third-order valence-corrected chi connectivity index (χ3v) is 9.60. The monoisotopic (exact) mass is 624 g/mol. The Hall–Kier alpha value is -2.76. The van der Waals surface area contributed by atoms with Crippen molar-refractivity contribution in [3.8, 4) is 0 Å². The molecule has 8 nitrogen and oxygen atoms in total. The number of hydrogen-bond acceptors (Lipinski definition) is 6. The van der Waals surface area contributed by atoms with Crippen LogP contribution in [-0.4, -0.2) is 74.9 Å². The Kier molecular flexibility index (Phi) is 10.2. The van der Waals surface area contributed by atoms with E-state index < -0.39 is 21.2 Å². The number of nitrogens with one attached hydrogen (secondary N) is 2. The Labute approximate surface area is 251 Å². The maximum absolute atomic E-state index is 13.5. The average molecular weight is 625 g/mol. The number of halogens is 3. The number of alkyl halides is 2. The van der Waals surface area contributed by atoms with Crippen LogP contribution in [-0.2, 0) is 32.5 Å². The van der Waals surface area contributed by atoms with E-state index in [1.807, 2.05) is 25.1 Å². The van der Waals surface area contributed by atoms with Crippen molar-refractivity contribution in [1.82, 2.24) is 15.1 Å². The maximum Gasteiger partial charge on any atom is 0.248 e. The lowest BCUT2D eigenvalue weighted by molar-refractivity contribution is -0.135. The number of piperazine rings is 1. The third-order valence-electron chi connectivity index (χ3n) is 8.23. The highest BCUT2D eigenvalue weighted by atomic mass is 35.5. The number of amides is 2. The molecule has 2 fully saturated rings. The lowest BCUT2D eigenvalue weighted by Gasteiger charge is -2.37. The second-order valence-electron chi connectivity index (χ2n) is 11.8. The fraction of sp³-hybridized carbons (Fsp3) is 0.533. The summed E-state index contributed by atoms with van der Waals surface area (Å²) in [6.45, 7) is 5.27. The van der Waals surface area contributed by atoms with Crippen molar-refractivity contribution < 1.29 is 26.8 Å². The predicted molar refractivity (Wildman–Crippen MR) is 159 cm³/mol. The number of carbonyl (C=O) groups excluding carboxylic acids is 2. The molecule has 1 aliphatic carbocycles. The minimum absolute atomic E-state index is 0.0986. The van der Waals surface area contributed by atoms with E-state index in [0.717, 1.165) is 16.8 Å². The summed E-state index contributed by atoms with van der Waals surface area (Å²) in [5.74, 6) is -3.08. The van der Waals surface area contributed by atoms with Crippen LogP contribution >= 0.6 is 11.6 Å². The number of nitrogens with zero attached hydrogens (tertiary/aromatic N) is 2. The van der Waals surface area contributed by atoms with Crippen LogP contribution in [0.2, 0.25) is 5.02 Å². The Morgan fingerprint density at radius 1 is 0.976 bits per heavy atom. The van der Waals surface area contributed by atoms with Gasteiger partial charge in [0.15, 0.2) is 9.84 Å². The summed E-state index contributed by atoms with van der Waals surface area (Å²) in [7, 11) is -3.25. The van der Waals surface area contributed by atoms with E-state index in [-0.39, 0.29) is 42.5 Å². The van der Waals surface area contributed by atoms with Gasteiger partial charge in [0.25, 0.3) is 0 Å². The largest absolute Gasteiger partial charge is 0.381 e. The van der Waals surface area contributed by atoms with Crippen molar-refractivity contribution in [3.05, 3.63) is 58.6 Å². The van der Waals surface area contributed by atoms with Crippen molar-refractivity contribution in [2.75, 3.05) is 44.3 Å². The highest BCUT2D eigenvalue weighted by Crippen LogP contribution is 2.45. The van der Waals surface area contributed by atoms with Crippen LogP contribution in [0.4, 0.5) is 14.5 Å². The maximum atomic E-state index is 13.5. The third kappa shape index (κ3) is 9.12. The van der Waals surface area contributed by atoms with E-state index in [1.54, 1.807) is 29.2 Å². The Balaban J connectivity index is 1.23. The highest BCUT2D eigenvalue weighted by Gasteiger charge is 2.41. The second kappa shape index (κ2) is 13.3. The van der Waals surface area contributed by atoms with Crippen molar-refractivity contribution in [2.45, 2.75) is 62.9 Å². The van der Waals surface area contributed by atoms with Crippen molar-refractivity contribution in [2.24, 2.45) is 5.41 Å². The van der Waals surface area contributed by atoms with Crippen LogP contribution in [0.1, 0.15) is 50.2 Å². The molecule has 230 valence electrons. The summed E-state index contributed by atoms with van der Waals surface area (Å²) in [6.07, 6.45) is 1.52. The number of rotatable bonds is 10. The zero-order valence-electron chi connectivity index (χ0n) is 24.1. The van der Waals surface area contributed by atoms with Gasteiger partial charge in [0.2, 0.25) is 17.7 Å². The number of benzene rings is 2. The summed E-state index contributed by atoms with van der Waals surface area (Å²) in [5, 5.41) is 6.73. The van der Waals surface area contributed by atoms with Crippen molar-refractivity contribution in [3.63, 3.8) is 0 Å². The van der Waals surface area contributed by atoms with Gasteiger partial charge >= 0.3 is 0 Å². The molecule has 2 N–H and O–H groups in total. The molecule has 4 rings (SSSR count). The zero-order chi connectivity index (χ0) is 30.5. The Morgan fingerprint density at radius 2 is 1.62 bits per heavy atom. The van der Waals surface area contributed by atoms with Gasteiger partial charge in [-0.3, -0.25) is 14.5 Å².